The molecule has 8 heteroatoms. The van der Waals surface area contributed by atoms with Gasteiger partial charge in [-0.25, -0.2) is 9.37 Å². The molecule has 0 spiro atoms. The Kier molecular flexibility index (Phi) is 3.65. The molecular formula is C12H7F2N3O3. The Morgan fingerprint density at radius 2 is 2.00 bits per heavy atom. The van der Waals surface area contributed by atoms with Gasteiger partial charge in [-0.15, -0.1) is 0 Å². The van der Waals surface area contributed by atoms with Crippen LogP contribution in [0.1, 0.15) is 10.4 Å². The smallest absolute Gasteiger partial charge is 0.292 e. The van der Waals surface area contributed by atoms with Crippen molar-refractivity contribution in [1.29, 1.82) is 0 Å². The summed E-state index contributed by atoms with van der Waals surface area (Å²) in [6, 6.07) is 4.73. The predicted octanol–water partition coefficient (Wildman–Crippen LogP) is 2.52. The number of nitro groups is 1. The Bertz CT molecular complexity index is 691. The van der Waals surface area contributed by atoms with E-state index in [9.17, 15) is 23.7 Å². The summed E-state index contributed by atoms with van der Waals surface area (Å²) in [5.41, 5.74) is -0.859. The second kappa shape index (κ2) is 5.39. The van der Waals surface area contributed by atoms with Gasteiger partial charge < -0.3 is 5.32 Å². The van der Waals surface area contributed by atoms with Crippen LogP contribution in [0.5, 0.6) is 0 Å². The standard InChI is InChI=1S/C12H7F2N3O3/c13-8-1-2-10(17(19)20)9(6-8)16-12(18)7-3-4-15-11(14)5-7/h1-6H,(H,16,18). The van der Waals surface area contributed by atoms with Crippen LogP contribution in [0.2, 0.25) is 0 Å². The van der Waals surface area contributed by atoms with E-state index < -0.39 is 28.3 Å². The lowest BCUT2D eigenvalue weighted by molar-refractivity contribution is -0.384. The van der Waals surface area contributed by atoms with Crippen molar-refractivity contribution < 1.29 is 18.5 Å². The van der Waals surface area contributed by atoms with Gasteiger partial charge in [0.15, 0.2) is 0 Å². The van der Waals surface area contributed by atoms with Crippen LogP contribution in [0.3, 0.4) is 0 Å². The minimum atomic E-state index is -0.869. The number of nitro benzene ring substituents is 1. The van der Waals surface area contributed by atoms with Gasteiger partial charge in [0.1, 0.15) is 11.5 Å². The number of pyridine rings is 1. The number of aromatic nitrogens is 1. The summed E-state index contributed by atoms with van der Waals surface area (Å²) in [5, 5.41) is 12.9. The molecule has 0 aliphatic carbocycles. The van der Waals surface area contributed by atoms with Gasteiger partial charge in [0.25, 0.3) is 11.6 Å². The Labute approximate surface area is 111 Å². The molecular weight excluding hydrogens is 272 g/mol. The average Bonchev–Trinajstić information content (AvgIpc) is 2.38. The molecule has 102 valence electrons. The molecule has 0 atom stereocenters. The molecule has 6 nitrogen and oxygen atoms in total. The molecule has 0 saturated heterocycles. The molecule has 0 aliphatic rings. The first kappa shape index (κ1) is 13.5. The van der Waals surface area contributed by atoms with Crippen molar-refractivity contribution in [3.8, 4) is 0 Å². The molecule has 1 aromatic carbocycles. The highest BCUT2D eigenvalue weighted by Gasteiger charge is 2.17. The number of halogens is 2. The molecule has 20 heavy (non-hydrogen) atoms. The highest BCUT2D eigenvalue weighted by molar-refractivity contribution is 6.05. The molecule has 1 aromatic heterocycles. The number of benzene rings is 1. The molecule has 2 aromatic rings. The third-order valence-corrected chi connectivity index (χ3v) is 2.39. The van der Waals surface area contributed by atoms with Crippen molar-refractivity contribution in [3.05, 3.63) is 64.0 Å². The summed E-state index contributed by atoms with van der Waals surface area (Å²) in [6.45, 7) is 0. The zero-order valence-corrected chi connectivity index (χ0v) is 9.84. The zero-order chi connectivity index (χ0) is 14.7. The first-order valence-electron chi connectivity index (χ1n) is 5.34. The number of nitrogens with one attached hydrogen (secondary N) is 1. The molecule has 1 amide bonds. The van der Waals surface area contributed by atoms with E-state index in [0.29, 0.717) is 0 Å². The van der Waals surface area contributed by atoms with Crippen LogP contribution in [0.25, 0.3) is 0 Å². The highest BCUT2D eigenvalue weighted by Crippen LogP contribution is 2.25. The van der Waals surface area contributed by atoms with E-state index >= 15 is 0 Å². The maximum Gasteiger partial charge on any atom is 0.292 e. The van der Waals surface area contributed by atoms with Gasteiger partial charge in [-0.2, -0.15) is 4.39 Å². The summed E-state index contributed by atoms with van der Waals surface area (Å²) >= 11 is 0. The van der Waals surface area contributed by atoms with Crippen molar-refractivity contribution in [2.45, 2.75) is 0 Å². The first-order valence-corrected chi connectivity index (χ1v) is 5.34. The quantitative estimate of drug-likeness (QED) is 0.531. The molecule has 0 unspecified atom stereocenters. The number of nitrogens with zero attached hydrogens (tertiary/aromatic N) is 2. The molecule has 1 N–H and O–H groups in total. The van der Waals surface area contributed by atoms with E-state index in [1.807, 2.05) is 0 Å². The van der Waals surface area contributed by atoms with Gasteiger partial charge in [-0.05, 0) is 12.1 Å². The summed E-state index contributed by atoms with van der Waals surface area (Å²) in [7, 11) is 0. The Morgan fingerprint density at radius 1 is 1.25 bits per heavy atom. The van der Waals surface area contributed by atoms with Crippen LogP contribution in [0.4, 0.5) is 20.2 Å². The molecule has 0 saturated carbocycles. The number of anilines is 1. The van der Waals surface area contributed by atoms with Crippen LogP contribution in [0, 0.1) is 21.9 Å². The van der Waals surface area contributed by atoms with Gasteiger partial charge in [-0.3, -0.25) is 14.9 Å². The highest BCUT2D eigenvalue weighted by atomic mass is 19.1. The van der Waals surface area contributed by atoms with Crippen molar-refractivity contribution in [2.24, 2.45) is 0 Å². The minimum absolute atomic E-state index is 0.0870. The van der Waals surface area contributed by atoms with Gasteiger partial charge in [0.05, 0.1) is 4.92 Å². The van der Waals surface area contributed by atoms with E-state index in [2.05, 4.69) is 10.3 Å². The van der Waals surface area contributed by atoms with Crippen LogP contribution in [0.15, 0.2) is 36.5 Å². The van der Waals surface area contributed by atoms with Gasteiger partial charge in [-0.1, -0.05) is 0 Å². The summed E-state index contributed by atoms with van der Waals surface area (Å²) in [5.74, 6) is -2.42. The number of carbonyl (C=O) groups is 1. The van der Waals surface area contributed by atoms with Crippen molar-refractivity contribution in [1.82, 2.24) is 4.98 Å². The van der Waals surface area contributed by atoms with Gasteiger partial charge >= 0.3 is 0 Å². The van der Waals surface area contributed by atoms with Gasteiger partial charge in [0.2, 0.25) is 5.95 Å². The second-order valence-electron chi connectivity index (χ2n) is 3.74. The molecule has 0 bridgehead atoms. The van der Waals surface area contributed by atoms with Crippen LogP contribution < -0.4 is 5.32 Å². The van der Waals surface area contributed by atoms with E-state index in [-0.39, 0.29) is 11.3 Å². The fourth-order valence-electron chi connectivity index (χ4n) is 1.51. The Hall–Kier alpha value is -2.90. The molecule has 0 fully saturated rings. The van der Waals surface area contributed by atoms with Crippen LogP contribution in [-0.4, -0.2) is 15.8 Å². The van der Waals surface area contributed by atoms with E-state index in [0.717, 1.165) is 30.5 Å². The Morgan fingerprint density at radius 3 is 2.65 bits per heavy atom. The first-order chi connectivity index (χ1) is 9.47. The van der Waals surface area contributed by atoms with Gasteiger partial charge in [0, 0.05) is 30.0 Å². The number of rotatable bonds is 3. The van der Waals surface area contributed by atoms with E-state index in [1.165, 1.54) is 6.07 Å². The lowest BCUT2D eigenvalue weighted by atomic mass is 10.2. The Balaban J connectivity index is 2.32. The molecule has 2 rings (SSSR count). The fraction of sp³-hybridized carbons (Fsp3) is 0. The summed E-state index contributed by atoms with van der Waals surface area (Å²) in [6.07, 6.45) is 1.07. The fourth-order valence-corrected chi connectivity index (χ4v) is 1.51. The monoisotopic (exact) mass is 279 g/mol. The third kappa shape index (κ3) is 2.91. The molecule has 0 aliphatic heterocycles. The zero-order valence-electron chi connectivity index (χ0n) is 9.84. The van der Waals surface area contributed by atoms with Crippen LogP contribution >= 0.6 is 0 Å². The average molecular weight is 279 g/mol. The van der Waals surface area contributed by atoms with E-state index in [1.54, 1.807) is 0 Å². The van der Waals surface area contributed by atoms with Crippen molar-refractivity contribution >= 4 is 17.3 Å². The molecule has 0 radical (unpaired) electrons. The lowest BCUT2D eigenvalue weighted by Gasteiger charge is -2.06. The number of hydrogen-bond donors (Lipinski definition) is 1. The predicted molar refractivity (Wildman–Crippen MR) is 65.2 cm³/mol. The largest absolute Gasteiger partial charge is 0.316 e. The topological polar surface area (TPSA) is 85.1 Å². The SMILES string of the molecule is O=C(Nc1cc(F)ccc1[N+](=O)[O-])c1ccnc(F)c1. The lowest BCUT2D eigenvalue weighted by Crippen LogP contribution is -2.13. The molecule has 1 heterocycles. The number of amides is 1. The maximum atomic E-state index is 13.1. The minimum Gasteiger partial charge on any atom is -0.316 e. The second-order valence-corrected chi connectivity index (χ2v) is 3.74. The normalized spacial score (nSPS) is 10.1. The number of carbonyl (C=O) groups excluding carboxylic acids is 1. The third-order valence-electron chi connectivity index (χ3n) is 2.39. The van der Waals surface area contributed by atoms with Crippen molar-refractivity contribution in [3.63, 3.8) is 0 Å². The van der Waals surface area contributed by atoms with Crippen LogP contribution in [-0.2, 0) is 0 Å². The maximum absolute atomic E-state index is 13.1. The summed E-state index contributed by atoms with van der Waals surface area (Å²) in [4.78, 5) is 25.1. The number of hydrogen-bond acceptors (Lipinski definition) is 4. The van der Waals surface area contributed by atoms with Crippen molar-refractivity contribution in [2.75, 3.05) is 5.32 Å². The van der Waals surface area contributed by atoms with E-state index in [4.69, 9.17) is 0 Å². The summed E-state index contributed by atoms with van der Waals surface area (Å²) < 4.78 is 26.0.